The monoisotopic (exact) mass is 322 g/mol. The second-order valence-corrected chi connectivity index (χ2v) is 6.58. The molecule has 0 saturated heterocycles. The molecule has 0 N–H and O–H groups in total. The van der Waals surface area contributed by atoms with Crippen LogP contribution in [0.4, 0.5) is 4.39 Å². The molecule has 22 heavy (non-hydrogen) atoms. The van der Waals surface area contributed by atoms with Gasteiger partial charge in [-0.05, 0) is 36.8 Å². The Balaban J connectivity index is 2.56. The van der Waals surface area contributed by atoms with Crippen molar-refractivity contribution < 1.29 is 22.3 Å². The van der Waals surface area contributed by atoms with Gasteiger partial charge in [-0.15, -0.1) is 0 Å². The molecule has 0 spiro atoms. The van der Waals surface area contributed by atoms with Crippen LogP contribution >= 0.6 is 0 Å². The standard InChI is InChI=1S/C16H15FO4S/c1-2-21-16(18)15(12-7-6-8-13(17)11-12)22(19,20)14-9-4-3-5-10-14/h3-11,15H,2H2,1H3. The van der Waals surface area contributed by atoms with E-state index >= 15 is 0 Å². The smallest absolute Gasteiger partial charge is 0.329 e. The number of carbonyl (C=O) groups is 1. The molecule has 116 valence electrons. The molecule has 0 saturated carbocycles. The maximum atomic E-state index is 13.4. The van der Waals surface area contributed by atoms with Gasteiger partial charge in [0.05, 0.1) is 11.5 Å². The molecule has 2 aromatic rings. The summed E-state index contributed by atoms with van der Waals surface area (Å²) >= 11 is 0. The second-order valence-electron chi connectivity index (χ2n) is 4.55. The fourth-order valence-corrected chi connectivity index (χ4v) is 3.71. The van der Waals surface area contributed by atoms with Crippen molar-refractivity contribution in [2.75, 3.05) is 6.61 Å². The minimum absolute atomic E-state index is 0.0164. The molecule has 1 atom stereocenters. The number of hydrogen-bond acceptors (Lipinski definition) is 4. The molecule has 6 heteroatoms. The summed E-state index contributed by atoms with van der Waals surface area (Å²) < 4.78 is 43.8. The van der Waals surface area contributed by atoms with Crippen LogP contribution in [0.5, 0.6) is 0 Å². The van der Waals surface area contributed by atoms with E-state index in [1.165, 1.54) is 30.3 Å². The number of carbonyl (C=O) groups excluding carboxylic acids is 1. The highest BCUT2D eigenvalue weighted by molar-refractivity contribution is 7.92. The summed E-state index contributed by atoms with van der Waals surface area (Å²) in [7, 11) is -4.03. The van der Waals surface area contributed by atoms with Crippen LogP contribution in [-0.4, -0.2) is 21.0 Å². The van der Waals surface area contributed by atoms with Gasteiger partial charge in [0.15, 0.2) is 15.1 Å². The molecule has 2 rings (SSSR count). The topological polar surface area (TPSA) is 60.4 Å². The third-order valence-corrected chi connectivity index (χ3v) is 5.05. The number of halogens is 1. The van der Waals surface area contributed by atoms with Crippen molar-refractivity contribution in [2.24, 2.45) is 0 Å². The van der Waals surface area contributed by atoms with Crippen LogP contribution in [0.25, 0.3) is 0 Å². The SMILES string of the molecule is CCOC(=O)C(c1cccc(F)c1)S(=O)(=O)c1ccccc1. The lowest BCUT2D eigenvalue weighted by molar-refractivity contribution is -0.142. The Labute approximate surface area is 128 Å². The molecular weight excluding hydrogens is 307 g/mol. The van der Waals surface area contributed by atoms with Crippen LogP contribution in [-0.2, 0) is 19.4 Å². The normalized spacial score (nSPS) is 12.6. The largest absolute Gasteiger partial charge is 0.465 e. The number of ether oxygens (including phenoxy) is 1. The zero-order valence-corrected chi connectivity index (χ0v) is 12.7. The van der Waals surface area contributed by atoms with Crippen LogP contribution in [0.1, 0.15) is 17.7 Å². The van der Waals surface area contributed by atoms with E-state index in [0.29, 0.717) is 0 Å². The summed E-state index contributed by atoms with van der Waals surface area (Å²) in [4.78, 5) is 12.1. The first-order chi connectivity index (χ1) is 10.5. The van der Waals surface area contributed by atoms with Gasteiger partial charge in [-0.25, -0.2) is 12.8 Å². The maximum Gasteiger partial charge on any atom is 0.329 e. The van der Waals surface area contributed by atoms with Gasteiger partial charge in [0.1, 0.15) is 5.82 Å². The van der Waals surface area contributed by atoms with Gasteiger partial charge in [-0.1, -0.05) is 30.3 Å². The number of rotatable bonds is 5. The molecular formula is C16H15FO4S. The van der Waals surface area contributed by atoms with Gasteiger partial charge >= 0.3 is 5.97 Å². The van der Waals surface area contributed by atoms with Crippen LogP contribution in [0.3, 0.4) is 0 Å². The predicted octanol–water partition coefficient (Wildman–Crippen LogP) is 2.90. The molecule has 2 aromatic carbocycles. The molecule has 0 radical (unpaired) electrons. The van der Waals surface area contributed by atoms with E-state index in [9.17, 15) is 17.6 Å². The van der Waals surface area contributed by atoms with Gasteiger partial charge in [-0.3, -0.25) is 4.79 Å². The summed E-state index contributed by atoms with van der Waals surface area (Å²) in [6.45, 7) is 1.62. The first-order valence-corrected chi connectivity index (χ1v) is 8.22. The van der Waals surface area contributed by atoms with Crippen molar-refractivity contribution in [3.8, 4) is 0 Å². The zero-order chi connectivity index (χ0) is 16.2. The first kappa shape index (κ1) is 16.2. The van der Waals surface area contributed by atoms with Crippen LogP contribution in [0, 0.1) is 5.82 Å². The fourth-order valence-electron chi connectivity index (χ4n) is 2.08. The van der Waals surface area contributed by atoms with E-state index in [1.54, 1.807) is 25.1 Å². The van der Waals surface area contributed by atoms with Crippen molar-refractivity contribution in [3.05, 3.63) is 66.0 Å². The van der Waals surface area contributed by atoms with E-state index in [0.717, 1.165) is 6.07 Å². The van der Waals surface area contributed by atoms with Crippen molar-refractivity contribution >= 4 is 15.8 Å². The minimum atomic E-state index is -4.03. The predicted molar refractivity (Wildman–Crippen MR) is 79.4 cm³/mol. The Morgan fingerprint density at radius 3 is 2.41 bits per heavy atom. The van der Waals surface area contributed by atoms with Crippen molar-refractivity contribution in [3.63, 3.8) is 0 Å². The Morgan fingerprint density at radius 1 is 1.14 bits per heavy atom. The fraction of sp³-hybridized carbons (Fsp3) is 0.188. The van der Waals surface area contributed by atoms with Crippen LogP contribution < -0.4 is 0 Å². The lowest BCUT2D eigenvalue weighted by atomic mass is 10.1. The molecule has 0 aromatic heterocycles. The zero-order valence-electron chi connectivity index (χ0n) is 11.9. The van der Waals surface area contributed by atoms with E-state index in [4.69, 9.17) is 4.74 Å². The minimum Gasteiger partial charge on any atom is -0.465 e. The van der Waals surface area contributed by atoms with Gasteiger partial charge in [0, 0.05) is 0 Å². The highest BCUT2D eigenvalue weighted by Crippen LogP contribution is 2.30. The van der Waals surface area contributed by atoms with E-state index < -0.39 is 26.9 Å². The lowest BCUT2D eigenvalue weighted by Crippen LogP contribution is -2.24. The van der Waals surface area contributed by atoms with Crippen molar-refractivity contribution in [1.29, 1.82) is 0 Å². The molecule has 1 unspecified atom stereocenters. The average Bonchev–Trinajstić information content (AvgIpc) is 2.48. The van der Waals surface area contributed by atoms with Gasteiger partial charge < -0.3 is 4.74 Å². The third-order valence-electron chi connectivity index (χ3n) is 3.03. The molecule has 0 aliphatic carbocycles. The number of hydrogen-bond donors (Lipinski definition) is 0. The molecule has 0 amide bonds. The molecule has 0 bridgehead atoms. The molecule has 0 fully saturated rings. The average molecular weight is 322 g/mol. The third kappa shape index (κ3) is 3.33. The highest BCUT2D eigenvalue weighted by atomic mass is 32.2. The van der Waals surface area contributed by atoms with Gasteiger partial charge in [-0.2, -0.15) is 0 Å². The number of sulfone groups is 1. The summed E-state index contributed by atoms with van der Waals surface area (Å²) in [6, 6.07) is 12.5. The molecule has 0 aliphatic rings. The van der Waals surface area contributed by atoms with Gasteiger partial charge in [0.2, 0.25) is 0 Å². The van der Waals surface area contributed by atoms with Crippen molar-refractivity contribution in [2.45, 2.75) is 17.1 Å². The van der Waals surface area contributed by atoms with Crippen LogP contribution in [0.15, 0.2) is 59.5 Å². The quantitative estimate of drug-likeness (QED) is 0.794. The molecule has 0 heterocycles. The Kier molecular flexibility index (Phi) is 4.92. The van der Waals surface area contributed by atoms with E-state index in [2.05, 4.69) is 0 Å². The molecule has 0 aliphatic heterocycles. The van der Waals surface area contributed by atoms with E-state index in [-0.39, 0.29) is 17.1 Å². The van der Waals surface area contributed by atoms with Crippen molar-refractivity contribution in [1.82, 2.24) is 0 Å². The van der Waals surface area contributed by atoms with Crippen LogP contribution in [0.2, 0.25) is 0 Å². The first-order valence-electron chi connectivity index (χ1n) is 6.68. The molecule has 4 nitrogen and oxygen atoms in total. The summed E-state index contributed by atoms with van der Waals surface area (Å²) in [5.41, 5.74) is 0.0438. The maximum absolute atomic E-state index is 13.4. The summed E-state index contributed by atoms with van der Waals surface area (Å²) in [6.07, 6.45) is 0. The second kappa shape index (κ2) is 6.70. The highest BCUT2D eigenvalue weighted by Gasteiger charge is 2.37. The number of esters is 1. The van der Waals surface area contributed by atoms with E-state index in [1.807, 2.05) is 0 Å². The Bertz CT molecular complexity index is 757. The Morgan fingerprint density at radius 2 is 1.82 bits per heavy atom. The summed E-state index contributed by atoms with van der Waals surface area (Å²) in [5, 5.41) is -1.59. The Hall–Kier alpha value is -2.21. The number of benzene rings is 2. The lowest BCUT2D eigenvalue weighted by Gasteiger charge is -2.17. The van der Waals surface area contributed by atoms with Gasteiger partial charge in [0.25, 0.3) is 0 Å². The summed E-state index contributed by atoms with van der Waals surface area (Å²) in [5.74, 6) is -1.54.